The largest absolute Gasteiger partial charge is 0.0625 e. The van der Waals surface area contributed by atoms with Crippen molar-refractivity contribution in [3.05, 3.63) is 0 Å². The minimum absolute atomic E-state index is 1.04. The van der Waals surface area contributed by atoms with Gasteiger partial charge in [-0.3, -0.25) is 0 Å². The van der Waals surface area contributed by atoms with Gasteiger partial charge in [0.1, 0.15) is 0 Å². The van der Waals surface area contributed by atoms with Crippen LogP contribution < -0.4 is 0 Å². The van der Waals surface area contributed by atoms with Gasteiger partial charge in [-0.2, -0.15) is 0 Å². The summed E-state index contributed by atoms with van der Waals surface area (Å²) in [5.74, 6) is 3.12. The third-order valence-electron chi connectivity index (χ3n) is 5.43. The summed E-state index contributed by atoms with van der Waals surface area (Å²) in [4.78, 5) is 0. The summed E-state index contributed by atoms with van der Waals surface area (Å²) in [6, 6.07) is 0. The molecule has 3 aliphatic carbocycles. The Balaban J connectivity index is 0.000000151. The van der Waals surface area contributed by atoms with E-state index in [0.29, 0.717) is 0 Å². The molecule has 0 heteroatoms. The van der Waals surface area contributed by atoms with Crippen molar-refractivity contribution >= 4 is 0 Å². The Bertz CT molecular complexity index is 174. The molecular weight excluding hydrogens is 240 g/mol. The Hall–Kier alpha value is 0. The predicted octanol–water partition coefficient (Wildman–Crippen LogP) is 7.37. The van der Waals surface area contributed by atoms with Crippen LogP contribution >= 0.6 is 0 Å². The maximum atomic E-state index is 2.36. The quantitative estimate of drug-likeness (QED) is 0.434. The lowest BCUT2D eigenvalue weighted by molar-refractivity contribution is 0.385. The average molecular weight is 281 g/mol. The van der Waals surface area contributed by atoms with Gasteiger partial charge in [-0.15, -0.1) is 0 Å². The molecule has 0 N–H and O–H groups in total. The third kappa shape index (κ3) is 9.83. The standard InChI is InChI=1S/2C7H14.C6H12/c2*1-7-5-3-2-4-6-7;1-6-4-2-3-5-6/h2*7H,2-6H2,1H3;6H,2-5H2,1H3. The minimum Gasteiger partial charge on any atom is -0.0625 e. The molecule has 0 atom stereocenters. The van der Waals surface area contributed by atoms with E-state index in [1.807, 2.05) is 0 Å². The molecule has 120 valence electrons. The topological polar surface area (TPSA) is 0 Å². The zero-order chi connectivity index (χ0) is 14.6. The Labute approximate surface area is 129 Å². The molecule has 3 aliphatic rings. The molecule has 0 radical (unpaired) electrons. The molecule has 0 unspecified atom stereocenters. The summed E-state index contributed by atoms with van der Waals surface area (Å²) < 4.78 is 0. The van der Waals surface area contributed by atoms with E-state index in [1.165, 1.54) is 89.9 Å². The Morgan fingerprint density at radius 2 is 0.550 bits per heavy atom. The van der Waals surface area contributed by atoms with Gasteiger partial charge in [-0.05, 0) is 17.8 Å². The van der Waals surface area contributed by atoms with Crippen LogP contribution in [0.4, 0.5) is 0 Å². The van der Waals surface area contributed by atoms with Crippen LogP contribution in [0.5, 0.6) is 0 Å². The van der Waals surface area contributed by atoms with Crippen molar-refractivity contribution in [2.45, 2.75) is 111 Å². The van der Waals surface area contributed by atoms with Crippen LogP contribution in [0.25, 0.3) is 0 Å². The van der Waals surface area contributed by atoms with Gasteiger partial charge in [-0.25, -0.2) is 0 Å². The first-order chi connectivity index (χ1) is 9.68. The molecule has 3 saturated carbocycles. The molecule has 3 rings (SSSR count). The zero-order valence-corrected chi connectivity index (χ0v) is 14.6. The van der Waals surface area contributed by atoms with Crippen LogP contribution in [-0.4, -0.2) is 0 Å². The van der Waals surface area contributed by atoms with Gasteiger partial charge in [0.05, 0.1) is 0 Å². The highest BCUT2D eigenvalue weighted by Gasteiger charge is 2.07. The second kappa shape index (κ2) is 11.6. The molecule has 0 bridgehead atoms. The highest BCUT2D eigenvalue weighted by molar-refractivity contribution is 4.61. The van der Waals surface area contributed by atoms with Gasteiger partial charge in [-0.1, -0.05) is 111 Å². The first-order valence-corrected chi connectivity index (χ1v) is 9.68. The van der Waals surface area contributed by atoms with Crippen molar-refractivity contribution in [3.63, 3.8) is 0 Å². The second-order valence-electron chi connectivity index (χ2n) is 7.88. The van der Waals surface area contributed by atoms with E-state index in [-0.39, 0.29) is 0 Å². The van der Waals surface area contributed by atoms with Crippen molar-refractivity contribution in [1.29, 1.82) is 0 Å². The van der Waals surface area contributed by atoms with Crippen molar-refractivity contribution in [3.8, 4) is 0 Å². The van der Waals surface area contributed by atoms with Crippen molar-refractivity contribution in [1.82, 2.24) is 0 Å². The van der Waals surface area contributed by atoms with Crippen molar-refractivity contribution in [2.75, 3.05) is 0 Å². The number of rotatable bonds is 0. The molecule has 0 aliphatic heterocycles. The summed E-state index contributed by atoms with van der Waals surface area (Å²) in [7, 11) is 0. The Kier molecular flexibility index (Phi) is 10.5. The number of hydrogen-bond acceptors (Lipinski definition) is 0. The van der Waals surface area contributed by atoms with Gasteiger partial charge in [0.25, 0.3) is 0 Å². The SMILES string of the molecule is CC1CCCC1.CC1CCCCC1.CC1CCCCC1. The fourth-order valence-electron chi connectivity index (χ4n) is 3.74. The molecule has 0 spiro atoms. The fraction of sp³-hybridized carbons (Fsp3) is 1.00. The maximum absolute atomic E-state index is 2.36. The van der Waals surface area contributed by atoms with Crippen molar-refractivity contribution < 1.29 is 0 Å². The van der Waals surface area contributed by atoms with E-state index in [4.69, 9.17) is 0 Å². The lowest BCUT2D eigenvalue weighted by Crippen LogP contribution is -1.99. The Morgan fingerprint density at radius 1 is 0.350 bits per heavy atom. The van der Waals surface area contributed by atoms with Gasteiger partial charge >= 0.3 is 0 Å². The fourth-order valence-corrected chi connectivity index (χ4v) is 3.74. The van der Waals surface area contributed by atoms with Crippen LogP contribution in [0.3, 0.4) is 0 Å². The molecule has 0 saturated heterocycles. The zero-order valence-electron chi connectivity index (χ0n) is 14.6. The van der Waals surface area contributed by atoms with E-state index in [0.717, 1.165) is 17.8 Å². The lowest BCUT2D eigenvalue weighted by atomic mass is 9.91. The average Bonchev–Trinajstić information content (AvgIpc) is 2.93. The second-order valence-corrected chi connectivity index (χ2v) is 7.88. The summed E-state index contributed by atoms with van der Waals surface area (Å²) in [5, 5.41) is 0. The van der Waals surface area contributed by atoms with E-state index in [9.17, 15) is 0 Å². The van der Waals surface area contributed by atoms with Crippen LogP contribution in [0.2, 0.25) is 0 Å². The van der Waals surface area contributed by atoms with E-state index in [2.05, 4.69) is 20.8 Å². The Morgan fingerprint density at radius 3 is 0.650 bits per heavy atom. The van der Waals surface area contributed by atoms with Crippen LogP contribution in [-0.2, 0) is 0 Å². The maximum Gasteiger partial charge on any atom is -0.0443 e. The molecule has 0 amide bonds. The molecule has 3 fully saturated rings. The molecule has 0 aromatic rings. The molecule has 0 aromatic heterocycles. The summed E-state index contributed by atoms with van der Waals surface area (Å²) in [5.41, 5.74) is 0. The first-order valence-electron chi connectivity index (χ1n) is 9.68. The summed E-state index contributed by atoms with van der Waals surface area (Å²) >= 11 is 0. The normalized spacial score (nSPS) is 25.4. The highest BCUT2D eigenvalue weighted by Crippen LogP contribution is 2.23. The van der Waals surface area contributed by atoms with E-state index in [1.54, 1.807) is 0 Å². The monoisotopic (exact) mass is 280 g/mol. The van der Waals surface area contributed by atoms with E-state index >= 15 is 0 Å². The first kappa shape index (κ1) is 18.1. The van der Waals surface area contributed by atoms with Crippen LogP contribution in [0.15, 0.2) is 0 Å². The molecule has 0 heterocycles. The smallest absolute Gasteiger partial charge is 0.0443 e. The van der Waals surface area contributed by atoms with Gasteiger partial charge in [0.2, 0.25) is 0 Å². The molecule has 0 nitrogen and oxygen atoms in total. The van der Waals surface area contributed by atoms with Gasteiger partial charge in [0.15, 0.2) is 0 Å². The summed E-state index contributed by atoms with van der Waals surface area (Å²) in [6.07, 6.45) is 20.8. The lowest BCUT2D eigenvalue weighted by Gasteiger charge is -2.15. The predicted molar refractivity (Wildman–Crippen MR) is 92.1 cm³/mol. The molecular formula is C20H40. The highest BCUT2D eigenvalue weighted by atomic mass is 14.1. The minimum atomic E-state index is 1.04. The number of hydrogen-bond donors (Lipinski definition) is 0. The van der Waals surface area contributed by atoms with Crippen LogP contribution in [0.1, 0.15) is 111 Å². The summed E-state index contributed by atoms with van der Waals surface area (Å²) in [6.45, 7) is 7.06. The van der Waals surface area contributed by atoms with E-state index < -0.39 is 0 Å². The molecule has 0 aromatic carbocycles. The van der Waals surface area contributed by atoms with Crippen LogP contribution in [0, 0.1) is 17.8 Å². The van der Waals surface area contributed by atoms with Crippen molar-refractivity contribution in [2.24, 2.45) is 17.8 Å². The van der Waals surface area contributed by atoms with Gasteiger partial charge < -0.3 is 0 Å². The third-order valence-corrected chi connectivity index (χ3v) is 5.43. The van der Waals surface area contributed by atoms with Gasteiger partial charge in [0, 0.05) is 0 Å². The molecule has 20 heavy (non-hydrogen) atoms.